The molecule has 1 aliphatic carbocycles. The lowest BCUT2D eigenvalue weighted by Gasteiger charge is -2.28. The SMILES string of the molecule is C#CCCCCC(=O)NCC1CCCCC1C(=O)O. The van der Waals surface area contributed by atoms with Crippen molar-refractivity contribution in [2.75, 3.05) is 6.54 Å². The zero-order valence-electron chi connectivity index (χ0n) is 11.4. The molecular weight excluding hydrogens is 242 g/mol. The van der Waals surface area contributed by atoms with Gasteiger partial charge in [-0.25, -0.2) is 0 Å². The van der Waals surface area contributed by atoms with Gasteiger partial charge in [-0.1, -0.05) is 12.8 Å². The first kappa shape index (κ1) is 15.6. The molecule has 0 aliphatic heterocycles. The number of unbranched alkanes of at least 4 members (excludes halogenated alkanes) is 2. The summed E-state index contributed by atoms with van der Waals surface area (Å²) in [6.07, 6.45) is 11.7. The third-order valence-electron chi connectivity index (χ3n) is 3.76. The quantitative estimate of drug-likeness (QED) is 0.548. The lowest BCUT2D eigenvalue weighted by molar-refractivity contribution is -0.145. The molecule has 0 aromatic rings. The number of aliphatic carboxylic acids is 1. The molecule has 0 aromatic carbocycles. The molecule has 0 spiro atoms. The van der Waals surface area contributed by atoms with E-state index < -0.39 is 5.97 Å². The van der Waals surface area contributed by atoms with E-state index in [1.54, 1.807) is 0 Å². The minimum atomic E-state index is -0.729. The number of carbonyl (C=O) groups is 2. The standard InChI is InChI=1S/C15H23NO3/c1-2-3-4-5-10-14(17)16-11-12-8-6-7-9-13(12)15(18)19/h1,12-13H,3-11H2,(H,16,17)(H,18,19). The van der Waals surface area contributed by atoms with E-state index in [1.807, 2.05) is 0 Å². The largest absolute Gasteiger partial charge is 0.481 e. The molecular formula is C15H23NO3. The van der Waals surface area contributed by atoms with Gasteiger partial charge in [0, 0.05) is 19.4 Å². The van der Waals surface area contributed by atoms with Crippen molar-refractivity contribution in [1.29, 1.82) is 0 Å². The average molecular weight is 265 g/mol. The van der Waals surface area contributed by atoms with Crippen molar-refractivity contribution < 1.29 is 14.7 Å². The van der Waals surface area contributed by atoms with Crippen LogP contribution in [0.4, 0.5) is 0 Å². The van der Waals surface area contributed by atoms with E-state index in [1.165, 1.54) is 0 Å². The Morgan fingerprint density at radius 1 is 1.26 bits per heavy atom. The summed E-state index contributed by atoms with van der Waals surface area (Å²) in [4.78, 5) is 22.7. The van der Waals surface area contributed by atoms with E-state index in [0.29, 0.717) is 19.4 Å². The predicted molar refractivity (Wildman–Crippen MR) is 73.4 cm³/mol. The predicted octanol–water partition coefficient (Wildman–Crippen LogP) is 2.19. The number of carbonyl (C=O) groups excluding carboxylic acids is 1. The fourth-order valence-electron chi connectivity index (χ4n) is 2.62. The Balaban J connectivity index is 2.24. The number of terminal acetylenes is 1. The van der Waals surface area contributed by atoms with Crippen LogP contribution in [0.1, 0.15) is 51.4 Å². The van der Waals surface area contributed by atoms with Crippen LogP contribution in [0.5, 0.6) is 0 Å². The molecule has 0 saturated heterocycles. The Hall–Kier alpha value is -1.50. The fourth-order valence-corrected chi connectivity index (χ4v) is 2.62. The molecule has 1 amide bonds. The summed E-state index contributed by atoms with van der Waals surface area (Å²) < 4.78 is 0. The monoisotopic (exact) mass is 265 g/mol. The highest BCUT2D eigenvalue weighted by atomic mass is 16.4. The highest BCUT2D eigenvalue weighted by Crippen LogP contribution is 2.29. The summed E-state index contributed by atoms with van der Waals surface area (Å²) in [6, 6.07) is 0. The number of rotatable bonds is 7. The van der Waals surface area contributed by atoms with Crippen molar-refractivity contribution in [2.45, 2.75) is 51.4 Å². The molecule has 106 valence electrons. The maximum Gasteiger partial charge on any atom is 0.306 e. The summed E-state index contributed by atoms with van der Waals surface area (Å²) >= 11 is 0. The van der Waals surface area contributed by atoms with E-state index in [9.17, 15) is 9.59 Å². The van der Waals surface area contributed by atoms with E-state index in [2.05, 4.69) is 11.2 Å². The molecule has 0 aromatic heterocycles. The van der Waals surface area contributed by atoms with Gasteiger partial charge in [0.25, 0.3) is 0 Å². The second kappa shape index (κ2) is 8.58. The Kier molecular flexibility index (Phi) is 7.02. The van der Waals surface area contributed by atoms with E-state index in [-0.39, 0.29) is 17.7 Å². The Bertz CT molecular complexity index is 346. The first-order valence-electron chi connectivity index (χ1n) is 7.08. The zero-order valence-corrected chi connectivity index (χ0v) is 11.4. The molecule has 0 bridgehead atoms. The highest BCUT2D eigenvalue weighted by Gasteiger charge is 2.30. The van der Waals surface area contributed by atoms with Gasteiger partial charge in [-0.15, -0.1) is 12.3 Å². The van der Waals surface area contributed by atoms with Gasteiger partial charge in [-0.05, 0) is 31.6 Å². The lowest BCUT2D eigenvalue weighted by Crippen LogP contribution is -2.37. The molecule has 2 atom stereocenters. The van der Waals surface area contributed by atoms with Gasteiger partial charge in [0.2, 0.25) is 5.91 Å². The summed E-state index contributed by atoms with van der Waals surface area (Å²) in [5.41, 5.74) is 0. The second-order valence-electron chi connectivity index (χ2n) is 5.20. The van der Waals surface area contributed by atoms with Crippen LogP contribution in [0, 0.1) is 24.2 Å². The van der Waals surface area contributed by atoms with Crippen LogP contribution in [0.3, 0.4) is 0 Å². The van der Waals surface area contributed by atoms with Crippen molar-refractivity contribution >= 4 is 11.9 Å². The maximum atomic E-state index is 11.6. The minimum Gasteiger partial charge on any atom is -0.481 e. The lowest BCUT2D eigenvalue weighted by atomic mass is 9.79. The minimum absolute atomic E-state index is 0.00623. The van der Waals surface area contributed by atoms with Crippen LogP contribution in [-0.4, -0.2) is 23.5 Å². The van der Waals surface area contributed by atoms with Gasteiger partial charge >= 0.3 is 5.97 Å². The molecule has 1 aliphatic rings. The summed E-state index contributed by atoms with van der Waals surface area (Å²) in [5.74, 6) is 1.61. The molecule has 19 heavy (non-hydrogen) atoms. The number of hydrogen-bond donors (Lipinski definition) is 2. The summed E-state index contributed by atoms with van der Waals surface area (Å²) in [7, 11) is 0. The molecule has 4 heteroatoms. The first-order valence-corrected chi connectivity index (χ1v) is 7.08. The van der Waals surface area contributed by atoms with Crippen molar-refractivity contribution in [2.24, 2.45) is 11.8 Å². The number of carboxylic acids is 1. The average Bonchev–Trinajstić information content (AvgIpc) is 2.41. The number of amides is 1. The summed E-state index contributed by atoms with van der Waals surface area (Å²) in [5, 5.41) is 12.0. The van der Waals surface area contributed by atoms with Crippen molar-refractivity contribution in [1.82, 2.24) is 5.32 Å². The molecule has 4 nitrogen and oxygen atoms in total. The van der Waals surface area contributed by atoms with Gasteiger partial charge in [-0.3, -0.25) is 9.59 Å². The highest BCUT2D eigenvalue weighted by molar-refractivity contribution is 5.76. The first-order chi connectivity index (χ1) is 9.15. The van der Waals surface area contributed by atoms with Crippen LogP contribution in [0.15, 0.2) is 0 Å². The Labute approximate surface area is 115 Å². The normalized spacial score (nSPS) is 22.5. The third kappa shape index (κ3) is 5.78. The Morgan fingerprint density at radius 2 is 2.00 bits per heavy atom. The number of carboxylic acid groups (broad SMARTS) is 1. The van der Waals surface area contributed by atoms with Crippen LogP contribution in [0.25, 0.3) is 0 Å². The maximum absolute atomic E-state index is 11.6. The molecule has 2 N–H and O–H groups in total. The summed E-state index contributed by atoms with van der Waals surface area (Å²) in [6.45, 7) is 0.491. The topological polar surface area (TPSA) is 66.4 Å². The van der Waals surface area contributed by atoms with E-state index >= 15 is 0 Å². The second-order valence-corrected chi connectivity index (χ2v) is 5.20. The Morgan fingerprint density at radius 3 is 2.68 bits per heavy atom. The van der Waals surface area contributed by atoms with Gasteiger partial charge in [0.1, 0.15) is 0 Å². The molecule has 1 rings (SSSR count). The molecule has 2 unspecified atom stereocenters. The number of hydrogen-bond acceptors (Lipinski definition) is 2. The van der Waals surface area contributed by atoms with Crippen molar-refractivity contribution in [3.8, 4) is 12.3 Å². The van der Waals surface area contributed by atoms with Crippen LogP contribution in [0.2, 0.25) is 0 Å². The van der Waals surface area contributed by atoms with Gasteiger partial charge < -0.3 is 10.4 Å². The molecule has 1 fully saturated rings. The van der Waals surface area contributed by atoms with Crippen LogP contribution in [-0.2, 0) is 9.59 Å². The number of nitrogens with one attached hydrogen (secondary N) is 1. The zero-order chi connectivity index (χ0) is 14.1. The molecule has 1 saturated carbocycles. The van der Waals surface area contributed by atoms with Gasteiger partial charge in [0.05, 0.1) is 5.92 Å². The van der Waals surface area contributed by atoms with E-state index in [4.69, 9.17) is 11.5 Å². The smallest absolute Gasteiger partial charge is 0.306 e. The van der Waals surface area contributed by atoms with Gasteiger partial charge in [0.15, 0.2) is 0 Å². The molecule has 0 heterocycles. The van der Waals surface area contributed by atoms with Crippen molar-refractivity contribution in [3.63, 3.8) is 0 Å². The van der Waals surface area contributed by atoms with Crippen LogP contribution >= 0.6 is 0 Å². The van der Waals surface area contributed by atoms with Crippen LogP contribution < -0.4 is 5.32 Å². The molecule has 0 radical (unpaired) electrons. The third-order valence-corrected chi connectivity index (χ3v) is 3.76. The fraction of sp³-hybridized carbons (Fsp3) is 0.733. The van der Waals surface area contributed by atoms with Gasteiger partial charge in [-0.2, -0.15) is 0 Å². The van der Waals surface area contributed by atoms with E-state index in [0.717, 1.165) is 38.5 Å². The van der Waals surface area contributed by atoms with Crippen molar-refractivity contribution in [3.05, 3.63) is 0 Å².